The molecule has 1 unspecified atom stereocenters. The van der Waals surface area contributed by atoms with Crippen LogP contribution in [0.2, 0.25) is 5.15 Å². The van der Waals surface area contributed by atoms with Crippen molar-refractivity contribution in [2.45, 2.75) is 26.1 Å². The minimum absolute atomic E-state index is 0.0272. The Morgan fingerprint density at radius 2 is 2.03 bits per heavy atom. The number of nitrogen functional groups attached to an aromatic ring is 1. The second kappa shape index (κ2) is 8.82. The molecule has 4 rings (SSSR count). The lowest BCUT2D eigenvalue weighted by Gasteiger charge is -2.15. The molecular weight excluding hydrogens is 490 g/mol. The number of carbonyl (C=O) groups is 1. The fourth-order valence-electron chi connectivity index (χ4n) is 3.60. The molecule has 2 heterocycles. The lowest BCUT2D eigenvalue weighted by atomic mass is 10.0. The van der Waals surface area contributed by atoms with Crippen molar-refractivity contribution in [3.8, 4) is 11.3 Å². The van der Waals surface area contributed by atoms with Crippen LogP contribution in [0.1, 0.15) is 32.7 Å². The molecule has 2 aromatic carbocycles. The number of fused-ring (bicyclic) bond motifs is 1. The van der Waals surface area contributed by atoms with Crippen LogP contribution in [0.15, 0.2) is 42.6 Å². The highest BCUT2D eigenvalue weighted by Gasteiger charge is 2.32. The van der Waals surface area contributed by atoms with E-state index >= 15 is 0 Å². The maximum Gasteiger partial charge on any atom is 0.416 e. The molecule has 182 valence electrons. The van der Waals surface area contributed by atoms with Gasteiger partial charge in [0, 0.05) is 15.4 Å². The molecule has 0 radical (unpaired) electrons. The monoisotopic (exact) mass is 510 g/mol. The minimum Gasteiger partial charge on any atom is -0.382 e. The van der Waals surface area contributed by atoms with Crippen LogP contribution in [0.4, 0.5) is 29.1 Å². The number of aliphatic hydroxyl groups excluding tert-OH is 1. The third kappa shape index (κ3) is 4.64. The quantitative estimate of drug-likeness (QED) is 0.332. The summed E-state index contributed by atoms with van der Waals surface area (Å²) in [5.41, 5.74) is 5.45. The fraction of sp³-hybridized carbons (Fsp3) is 0.174. The number of carbonyl (C=O) groups excluding carboxylic acids is 1. The van der Waals surface area contributed by atoms with Crippen LogP contribution in [0.25, 0.3) is 16.8 Å². The number of aliphatic hydroxyl groups is 1. The van der Waals surface area contributed by atoms with Gasteiger partial charge in [0.15, 0.2) is 6.10 Å². The molecule has 1 atom stereocenters. The second-order valence-corrected chi connectivity index (χ2v) is 8.01. The number of nitrogens with zero attached hydrogens (tertiary/aromatic N) is 3. The van der Waals surface area contributed by atoms with Gasteiger partial charge in [-0.3, -0.25) is 9.20 Å². The normalized spacial score (nSPS) is 14.3. The van der Waals surface area contributed by atoms with Gasteiger partial charge in [0.05, 0.1) is 11.8 Å². The van der Waals surface area contributed by atoms with E-state index in [4.69, 9.17) is 21.4 Å². The number of imidazole rings is 1. The summed E-state index contributed by atoms with van der Waals surface area (Å²) in [6, 6.07) is 5.71. The third-order valence-electron chi connectivity index (χ3n) is 5.20. The summed E-state index contributed by atoms with van der Waals surface area (Å²) >= 11 is 6.19. The summed E-state index contributed by atoms with van der Waals surface area (Å²) in [7, 11) is 0. The Balaban J connectivity index is 1.68. The number of aryl methyl sites for hydroxylation is 2. The third-order valence-corrected chi connectivity index (χ3v) is 5.47. The molecule has 0 fully saturated rings. The molecule has 7 nitrogen and oxygen atoms in total. The van der Waals surface area contributed by atoms with Crippen molar-refractivity contribution < 1.29 is 31.6 Å². The van der Waals surface area contributed by atoms with Crippen molar-refractivity contribution in [3.63, 3.8) is 0 Å². The largest absolute Gasteiger partial charge is 0.416 e. The standard InChI is InChI=1S/C23H18ClF4N5O2/c1-10-5-15(32-22(35)20(34)12-6-13(23(26,27)28)8-14(25)7-12)3-4-16(10)18-19-21(29)30-9-17(24)33(19)11(2)31-18/h3-9,20,34H,1-2H3,(H2,29,30)(H,32,35)/i2D3. The lowest BCUT2D eigenvalue weighted by Crippen LogP contribution is -2.21. The van der Waals surface area contributed by atoms with Crippen molar-refractivity contribution >= 4 is 34.5 Å². The first-order chi connectivity index (χ1) is 17.6. The van der Waals surface area contributed by atoms with E-state index in [0.717, 1.165) is 0 Å². The average Bonchev–Trinajstić information content (AvgIpc) is 3.22. The van der Waals surface area contributed by atoms with Gasteiger partial charge in [0.25, 0.3) is 5.91 Å². The molecule has 0 aliphatic carbocycles. The molecule has 0 bridgehead atoms. The van der Waals surface area contributed by atoms with Crippen LogP contribution >= 0.6 is 11.6 Å². The number of nitrogens with two attached hydrogens (primary N) is 1. The molecule has 0 saturated heterocycles. The van der Waals surface area contributed by atoms with Gasteiger partial charge >= 0.3 is 6.18 Å². The molecule has 0 aliphatic heterocycles. The Bertz CT molecular complexity index is 1570. The molecule has 4 aromatic rings. The smallest absolute Gasteiger partial charge is 0.382 e. The second-order valence-electron chi connectivity index (χ2n) is 7.63. The van der Waals surface area contributed by atoms with Gasteiger partial charge in [-0.25, -0.2) is 14.4 Å². The molecule has 4 N–H and O–H groups in total. The maximum absolute atomic E-state index is 13.7. The number of amides is 1. The highest BCUT2D eigenvalue weighted by Crippen LogP contribution is 2.34. The van der Waals surface area contributed by atoms with Gasteiger partial charge < -0.3 is 16.2 Å². The van der Waals surface area contributed by atoms with Crippen molar-refractivity contribution in [1.82, 2.24) is 14.4 Å². The van der Waals surface area contributed by atoms with Gasteiger partial charge in [-0.15, -0.1) is 0 Å². The summed E-state index contributed by atoms with van der Waals surface area (Å²) in [5, 5.41) is 12.6. The van der Waals surface area contributed by atoms with E-state index in [-0.39, 0.29) is 39.8 Å². The van der Waals surface area contributed by atoms with Gasteiger partial charge in [-0.1, -0.05) is 17.7 Å². The van der Waals surface area contributed by atoms with Crippen LogP contribution in [-0.4, -0.2) is 25.4 Å². The van der Waals surface area contributed by atoms with E-state index in [1.54, 1.807) is 6.92 Å². The van der Waals surface area contributed by atoms with E-state index in [0.29, 0.717) is 23.3 Å². The Labute approximate surface area is 205 Å². The van der Waals surface area contributed by atoms with Crippen LogP contribution < -0.4 is 11.1 Å². The van der Waals surface area contributed by atoms with E-state index in [9.17, 15) is 27.5 Å². The highest BCUT2D eigenvalue weighted by atomic mass is 35.5. The summed E-state index contributed by atoms with van der Waals surface area (Å²) in [6.45, 7) is -1.02. The zero-order chi connectivity index (χ0) is 28.2. The van der Waals surface area contributed by atoms with Crippen LogP contribution in [0.5, 0.6) is 0 Å². The number of anilines is 2. The summed E-state index contributed by atoms with van der Waals surface area (Å²) in [4.78, 5) is 20.8. The summed E-state index contributed by atoms with van der Waals surface area (Å²) in [5.74, 6) is -2.73. The SMILES string of the molecule is [2H]C([2H])([2H])c1nc(-c2ccc(NC(=O)C(O)c3cc(F)cc(C(F)(F)F)c3)cc2C)c2c(N)ncc(Cl)n12. The van der Waals surface area contributed by atoms with Crippen molar-refractivity contribution in [2.75, 3.05) is 11.1 Å². The van der Waals surface area contributed by atoms with E-state index < -0.39 is 42.0 Å². The Morgan fingerprint density at radius 3 is 2.69 bits per heavy atom. The van der Waals surface area contributed by atoms with Crippen LogP contribution in [0.3, 0.4) is 0 Å². The van der Waals surface area contributed by atoms with Crippen molar-refractivity contribution in [2.24, 2.45) is 0 Å². The Kier molecular flexibility index (Phi) is 5.21. The van der Waals surface area contributed by atoms with Crippen LogP contribution in [-0.2, 0) is 11.0 Å². The fourth-order valence-corrected chi connectivity index (χ4v) is 3.81. The first-order valence-corrected chi connectivity index (χ1v) is 10.3. The van der Waals surface area contributed by atoms with Crippen LogP contribution in [0, 0.1) is 19.6 Å². The zero-order valence-electron chi connectivity index (χ0n) is 20.8. The maximum atomic E-state index is 13.7. The molecule has 0 spiro atoms. The number of hydrogen-bond acceptors (Lipinski definition) is 5. The Hall–Kier alpha value is -3.70. The number of aromatic nitrogens is 3. The number of alkyl halides is 3. The van der Waals surface area contributed by atoms with Crippen molar-refractivity contribution in [1.29, 1.82) is 0 Å². The number of hydrogen-bond donors (Lipinski definition) is 3. The number of rotatable bonds is 4. The van der Waals surface area contributed by atoms with Crippen molar-refractivity contribution in [3.05, 3.63) is 76.1 Å². The first kappa shape index (κ1) is 20.7. The number of nitrogens with one attached hydrogen (secondary N) is 1. The lowest BCUT2D eigenvalue weighted by molar-refractivity contribution is -0.138. The molecule has 1 amide bonds. The van der Waals surface area contributed by atoms with Gasteiger partial charge in [0.1, 0.15) is 33.8 Å². The molecule has 35 heavy (non-hydrogen) atoms. The van der Waals surface area contributed by atoms with E-state index in [1.165, 1.54) is 28.8 Å². The Morgan fingerprint density at radius 1 is 1.29 bits per heavy atom. The predicted molar refractivity (Wildman–Crippen MR) is 122 cm³/mol. The first-order valence-electron chi connectivity index (χ1n) is 11.4. The highest BCUT2D eigenvalue weighted by molar-refractivity contribution is 6.29. The zero-order valence-corrected chi connectivity index (χ0v) is 18.5. The molecule has 12 heteroatoms. The van der Waals surface area contributed by atoms with Gasteiger partial charge in [0.2, 0.25) is 0 Å². The average molecular weight is 511 g/mol. The minimum atomic E-state index is -4.88. The molecule has 2 aromatic heterocycles. The summed E-state index contributed by atoms with van der Waals surface area (Å²) in [6.07, 6.45) is -5.78. The van der Waals surface area contributed by atoms with Gasteiger partial charge in [-0.2, -0.15) is 13.2 Å². The topological polar surface area (TPSA) is 106 Å². The number of halogens is 5. The van der Waals surface area contributed by atoms with E-state index in [1.807, 2.05) is 0 Å². The van der Waals surface area contributed by atoms with Gasteiger partial charge in [-0.05, 0) is 55.2 Å². The molecule has 0 aliphatic rings. The molecule has 0 saturated carbocycles. The predicted octanol–water partition coefficient (Wildman–Crippen LogP) is 5.08. The number of benzene rings is 2. The molecular formula is C23H18ClF4N5O2. The summed E-state index contributed by atoms with van der Waals surface area (Å²) < 4.78 is 77.3. The van der Waals surface area contributed by atoms with E-state index in [2.05, 4.69) is 15.3 Å².